The van der Waals surface area contributed by atoms with Crippen molar-refractivity contribution in [2.45, 2.75) is 56.9 Å². The quantitative estimate of drug-likeness (QED) is 0.429. The van der Waals surface area contributed by atoms with E-state index in [1.165, 1.54) is 18.2 Å². The predicted octanol–water partition coefficient (Wildman–Crippen LogP) is 3.54. The third-order valence-corrected chi connectivity index (χ3v) is 7.69. The fraction of sp³-hybridized carbons (Fsp3) is 0.357. The normalized spacial score (nSPS) is 25.3. The molecule has 6 rings (SSSR count). The Balaban J connectivity index is 1.65. The molecular formula is C28H29BF2N5O2. The van der Waals surface area contributed by atoms with Crippen LogP contribution in [-0.4, -0.2) is 41.1 Å². The first-order chi connectivity index (χ1) is 18.3. The van der Waals surface area contributed by atoms with E-state index in [1.54, 1.807) is 32.7 Å². The lowest BCUT2D eigenvalue weighted by Gasteiger charge is -2.41. The first-order valence-corrected chi connectivity index (χ1v) is 12.9. The number of fused-ring (bicyclic) bond motifs is 6. The van der Waals surface area contributed by atoms with Crippen molar-refractivity contribution in [1.29, 1.82) is 0 Å². The second-order valence-electron chi connectivity index (χ2n) is 10.1. The molecule has 2 aromatic heterocycles. The molecule has 1 radical (unpaired) electrons. The van der Waals surface area contributed by atoms with Gasteiger partial charge in [-0.1, -0.05) is 37.9 Å². The number of hydrogen-bond donors (Lipinski definition) is 3. The smallest absolute Gasteiger partial charge is 0.274 e. The van der Waals surface area contributed by atoms with E-state index >= 15 is 8.78 Å². The lowest BCUT2D eigenvalue weighted by atomic mass is 9.57. The van der Waals surface area contributed by atoms with Crippen molar-refractivity contribution in [1.82, 2.24) is 15.3 Å². The third-order valence-electron chi connectivity index (χ3n) is 7.69. The van der Waals surface area contributed by atoms with Gasteiger partial charge in [-0.2, -0.15) is 0 Å². The van der Waals surface area contributed by atoms with E-state index in [4.69, 9.17) is 5.73 Å². The Kier molecular flexibility index (Phi) is 7.25. The number of halogens is 2. The summed E-state index contributed by atoms with van der Waals surface area (Å²) in [5, 5.41) is 6.00. The van der Waals surface area contributed by atoms with Crippen LogP contribution in [0, 0.1) is 17.6 Å². The summed E-state index contributed by atoms with van der Waals surface area (Å²) in [7, 11) is 1.58. The largest absolute Gasteiger partial charge is 0.352 e. The Morgan fingerprint density at radius 3 is 2.71 bits per heavy atom. The van der Waals surface area contributed by atoms with Gasteiger partial charge in [0.15, 0.2) is 7.28 Å². The monoisotopic (exact) mass is 516 g/mol. The van der Waals surface area contributed by atoms with E-state index < -0.39 is 23.4 Å². The predicted molar refractivity (Wildman–Crippen MR) is 142 cm³/mol. The zero-order valence-electron chi connectivity index (χ0n) is 21.2. The number of aromatic nitrogens is 2. The molecule has 2 amide bonds. The van der Waals surface area contributed by atoms with Crippen molar-refractivity contribution in [3.8, 4) is 11.3 Å². The number of benzene rings is 1. The highest BCUT2D eigenvalue weighted by atomic mass is 19.1. The minimum absolute atomic E-state index is 0.0381. The van der Waals surface area contributed by atoms with E-state index in [2.05, 4.69) is 27.5 Å². The van der Waals surface area contributed by atoms with Crippen LogP contribution in [0.25, 0.3) is 11.3 Å². The van der Waals surface area contributed by atoms with Gasteiger partial charge in [-0.25, -0.2) is 13.8 Å². The molecule has 3 aromatic rings. The summed E-state index contributed by atoms with van der Waals surface area (Å²) in [4.78, 5) is 35.0. The summed E-state index contributed by atoms with van der Waals surface area (Å²) in [6, 6.07) is 7.94. The van der Waals surface area contributed by atoms with Crippen LogP contribution in [0.4, 0.5) is 14.5 Å². The molecule has 5 unspecified atom stereocenters. The number of rotatable bonds is 1. The van der Waals surface area contributed by atoms with Gasteiger partial charge in [-0.15, -0.1) is 0 Å². The molecule has 3 aliphatic rings. The maximum absolute atomic E-state index is 15.1. The summed E-state index contributed by atoms with van der Waals surface area (Å²) < 4.78 is 30.1. The summed E-state index contributed by atoms with van der Waals surface area (Å²) >= 11 is 0. The standard InChI is InChI=1S/C28H29BF2N5O2/c1-3-15-11-16-12-21(32)25(15)36-27(37)14(2)29-18-5-4-6-19(30)24(18)26-20(31)7-8-22(34-26)28(38)35-23-13-33-10-9-17(16)23/h4-10,13-16,21,25H,3,11-12,32H2,1-2H3,(H,35,38)(H,36,37). The molecule has 1 aromatic carbocycles. The maximum atomic E-state index is 15.1. The number of anilines is 1. The van der Waals surface area contributed by atoms with Gasteiger partial charge in [0, 0.05) is 29.7 Å². The van der Waals surface area contributed by atoms with Crippen molar-refractivity contribution in [2.75, 3.05) is 5.32 Å². The number of nitrogens with one attached hydrogen (secondary N) is 2. The highest BCUT2D eigenvalue weighted by Gasteiger charge is 2.38. The summed E-state index contributed by atoms with van der Waals surface area (Å²) in [6.45, 7) is 3.77. The maximum Gasteiger partial charge on any atom is 0.274 e. The van der Waals surface area contributed by atoms with Gasteiger partial charge in [0.05, 0.1) is 11.9 Å². The number of nitrogens with two attached hydrogens (primary N) is 1. The summed E-state index contributed by atoms with van der Waals surface area (Å²) in [6.07, 6.45) is 5.42. The molecule has 1 aliphatic carbocycles. The highest BCUT2D eigenvalue weighted by Crippen LogP contribution is 2.40. The van der Waals surface area contributed by atoms with Gasteiger partial charge in [0.1, 0.15) is 23.0 Å². The fourth-order valence-corrected chi connectivity index (χ4v) is 5.70. The zero-order chi connectivity index (χ0) is 27.0. The molecule has 1 saturated carbocycles. The van der Waals surface area contributed by atoms with Crippen LogP contribution in [0.3, 0.4) is 0 Å². The SMILES string of the molecule is CCC1CC2CC(N)C1NC(=O)C(C)[B]c1cccc(F)c1-c1nc(ccc1F)C(=O)Nc1cnccc12. The van der Waals surface area contributed by atoms with Crippen LogP contribution in [0.2, 0.25) is 5.82 Å². The number of amides is 2. The van der Waals surface area contributed by atoms with Gasteiger partial charge in [-0.05, 0) is 54.5 Å². The molecule has 38 heavy (non-hydrogen) atoms. The number of carbonyl (C=O) groups is 2. The van der Waals surface area contributed by atoms with Crippen LogP contribution < -0.4 is 21.8 Å². The third kappa shape index (κ3) is 4.92. The molecular weight excluding hydrogens is 487 g/mol. The van der Waals surface area contributed by atoms with Crippen LogP contribution in [0.1, 0.15) is 55.1 Å². The van der Waals surface area contributed by atoms with E-state index in [0.717, 1.165) is 24.5 Å². The summed E-state index contributed by atoms with van der Waals surface area (Å²) in [5.41, 5.74) is 7.84. The molecule has 1 fully saturated rings. The molecule has 4 N–H and O–H groups in total. The molecule has 10 heteroatoms. The summed E-state index contributed by atoms with van der Waals surface area (Å²) in [5.74, 6) is -2.82. The van der Waals surface area contributed by atoms with E-state index in [9.17, 15) is 9.59 Å². The minimum atomic E-state index is -0.784. The molecule has 0 saturated heterocycles. The molecule has 0 spiro atoms. The Bertz CT molecular complexity index is 1390. The van der Waals surface area contributed by atoms with Crippen LogP contribution in [0.15, 0.2) is 48.8 Å². The van der Waals surface area contributed by atoms with E-state index in [1.807, 2.05) is 6.07 Å². The number of pyridine rings is 2. The highest BCUT2D eigenvalue weighted by molar-refractivity contribution is 6.60. The van der Waals surface area contributed by atoms with Gasteiger partial charge in [-0.3, -0.25) is 14.6 Å². The van der Waals surface area contributed by atoms with Gasteiger partial charge >= 0.3 is 0 Å². The van der Waals surface area contributed by atoms with Crippen molar-refractivity contribution in [2.24, 2.45) is 11.7 Å². The molecule has 5 atom stereocenters. The number of carbonyl (C=O) groups excluding carboxylic acids is 2. The lowest BCUT2D eigenvalue weighted by Crippen LogP contribution is -2.56. The minimum Gasteiger partial charge on any atom is -0.352 e. The lowest BCUT2D eigenvalue weighted by molar-refractivity contribution is -0.122. The Morgan fingerprint density at radius 2 is 1.92 bits per heavy atom. The van der Waals surface area contributed by atoms with Crippen LogP contribution in [-0.2, 0) is 4.79 Å². The number of hydrogen-bond acceptors (Lipinski definition) is 5. The van der Waals surface area contributed by atoms with Crippen molar-refractivity contribution >= 4 is 30.2 Å². The molecule has 7 nitrogen and oxygen atoms in total. The molecule has 2 aliphatic heterocycles. The van der Waals surface area contributed by atoms with E-state index in [-0.39, 0.29) is 46.8 Å². The molecule has 4 bridgehead atoms. The van der Waals surface area contributed by atoms with Crippen LogP contribution >= 0.6 is 0 Å². The topological polar surface area (TPSA) is 110 Å². The van der Waals surface area contributed by atoms with Crippen LogP contribution in [0.5, 0.6) is 0 Å². The van der Waals surface area contributed by atoms with Crippen molar-refractivity contribution < 1.29 is 18.4 Å². The van der Waals surface area contributed by atoms with Gasteiger partial charge in [0.2, 0.25) is 5.91 Å². The average molecular weight is 516 g/mol. The van der Waals surface area contributed by atoms with Crippen molar-refractivity contribution in [3.05, 3.63) is 71.7 Å². The average Bonchev–Trinajstić information content (AvgIpc) is 2.90. The second-order valence-corrected chi connectivity index (χ2v) is 10.1. The molecule has 195 valence electrons. The second kappa shape index (κ2) is 10.6. The first kappa shape index (κ1) is 26.0. The van der Waals surface area contributed by atoms with Crippen molar-refractivity contribution in [3.63, 3.8) is 0 Å². The van der Waals surface area contributed by atoms with Gasteiger partial charge < -0.3 is 16.4 Å². The Hall–Kier alpha value is -3.66. The fourth-order valence-electron chi connectivity index (χ4n) is 5.70. The molecule has 4 heterocycles. The Morgan fingerprint density at radius 1 is 1.11 bits per heavy atom. The first-order valence-electron chi connectivity index (χ1n) is 12.9. The zero-order valence-corrected chi connectivity index (χ0v) is 21.2. The Labute approximate surface area is 220 Å². The number of nitrogens with zero attached hydrogens (tertiary/aromatic N) is 2. The van der Waals surface area contributed by atoms with E-state index in [0.29, 0.717) is 17.6 Å². The van der Waals surface area contributed by atoms with Gasteiger partial charge in [0.25, 0.3) is 5.91 Å².